The van der Waals surface area contributed by atoms with Crippen molar-refractivity contribution in [3.05, 3.63) is 75.9 Å². The fourth-order valence-electron chi connectivity index (χ4n) is 2.97. The standard InChI is InChI=1S/C23H20ClN2O3S2/c1-2-29-19(27)15-18-20(26-12-4-3-5-13-26)23(30-14-6-11-25)31-22(18)21(28)16-7-9-17(24)10-8-16/h3-5,7-10,12-13H,2,6,14-15H2,1H3/q+1. The number of nitrogens with zero attached hydrogens (tertiary/aromatic N) is 2. The van der Waals surface area contributed by atoms with E-state index in [1.165, 1.54) is 23.1 Å². The van der Waals surface area contributed by atoms with Gasteiger partial charge in [-0.25, -0.2) is 0 Å². The first-order chi connectivity index (χ1) is 15.0. The van der Waals surface area contributed by atoms with Gasteiger partial charge in [-0.15, -0.1) is 23.1 Å². The number of carbonyl (C=O) groups is 2. The molecule has 5 nitrogen and oxygen atoms in total. The maximum Gasteiger partial charge on any atom is 0.310 e. The molecule has 0 spiro atoms. The van der Waals surface area contributed by atoms with Gasteiger partial charge < -0.3 is 4.74 Å². The van der Waals surface area contributed by atoms with Crippen LogP contribution in [0.5, 0.6) is 0 Å². The molecule has 0 unspecified atom stereocenters. The number of hydrogen-bond donors (Lipinski definition) is 0. The van der Waals surface area contributed by atoms with Crippen molar-refractivity contribution in [3.63, 3.8) is 0 Å². The average Bonchev–Trinajstić information content (AvgIpc) is 3.12. The molecule has 2 aromatic heterocycles. The van der Waals surface area contributed by atoms with Crippen molar-refractivity contribution in [1.29, 1.82) is 5.26 Å². The predicted molar refractivity (Wildman–Crippen MR) is 122 cm³/mol. The molecule has 0 N–H and O–H groups in total. The van der Waals surface area contributed by atoms with E-state index in [1.54, 1.807) is 31.2 Å². The van der Waals surface area contributed by atoms with Crippen molar-refractivity contribution in [3.8, 4) is 11.8 Å². The third-order valence-corrected chi connectivity index (χ3v) is 7.04. The first kappa shape index (κ1) is 23.0. The lowest BCUT2D eigenvalue weighted by atomic mass is 10.0. The van der Waals surface area contributed by atoms with Crippen LogP contribution >= 0.6 is 34.7 Å². The van der Waals surface area contributed by atoms with Crippen molar-refractivity contribution in [1.82, 2.24) is 0 Å². The maximum atomic E-state index is 13.4. The van der Waals surface area contributed by atoms with Crippen molar-refractivity contribution in [2.24, 2.45) is 0 Å². The number of thioether (sulfide) groups is 1. The van der Waals surface area contributed by atoms with Gasteiger partial charge in [-0.3, -0.25) is 9.59 Å². The Morgan fingerprint density at radius 1 is 1.19 bits per heavy atom. The van der Waals surface area contributed by atoms with E-state index in [0.29, 0.717) is 33.2 Å². The Bertz CT molecular complexity index is 1110. The van der Waals surface area contributed by atoms with Crippen LogP contribution in [0.3, 0.4) is 0 Å². The Hall–Kier alpha value is -2.66. The van der Waals surface area contributed by atoms with E-state index in [1.807, 2.05) is 35.2 Å². The summed E-state index contributed by atoms with van der Waals surface area (Å²) in [6.45, 7) is 2.02. The maximum absolute atomic E-state index is 13.4. The Morgan fingerprint density at radius 2 is 1.90 bits per heavy atom. The third-order valence-electron chi connectivity index (χ3n) is 4.31. The molecule has 3 aromatic rings. The van der Waals surface area contributed by atoms with Gasteiger partial charge in [0.25, 0.3) is 0 Å². The number of rotatable bonds is 9. The molecule has 1 aromatic carbocycles. The molecule has 0 radical (unpaired) electrons. The van der Waals surface area contributed by atoms with Crippen LogP contribution in [0.4, 0.5) is 0 Å². The summed E-state index contributed by atoms with van der Waals surface area (Å²) >= 11 is 8.82. The lowest BCUT2D eigenvalue weighted by molar-refractivity contribution is -0.598. The summed E-state index contributed by atoms with van der Waals surface area (Å²) in [5.74, 6) is 0.0212. The summed E-state index contributed by atoms with van der Waals surface area (Å²) < 4.78 is 7.96. The molecule has 0 bridgehead atoms. The highest BCUT2D eigenvalue weighted by atomic mass is 35.5. The molecule has 0 saturated heterocycles. The van der Waals surface area contributed by atoms with E-state index in [4.69, 9.17) is 21.6 Å². The number of halogens is 1. The zero-order valence-corrected chi connectivity index (χ0v) is 19.2. The van der Waals surface area contributed by atoms with Crippen LogP contribution in [0.1, 0.15) is 34.1 Å². The highest BCUT2D eigenvalue weighted by Crippen LogP contribution is 2.38. The van der Waals surface area contributed by atoms with Gasteiger partial charge in [0.05, 0.1) is 29.5 Å². The summed E-state index contributed by atoms with van der Waals surface area (Å²) in [5, 5.41) is 9.48. The number of carbonyl (C=O) groups excluding carboxylic acids is 2. The second-order valence-electron chi connectivity index (χ2n) is 6.40. The molecular formula is C23H20ClN2O3S2+. The molecule has 0 fully saturated rings. The lowest BCUT2D eigenvalue weighted by Gasteiger charge is -2.05. The van der Waals surface area contributed by atoms with Crippen LogP contribution in [0.25, 0.3) is 5.69 Å². The fraction of sp³-hybridized carbons (Fsp3) is 0.217. The number of pyridine rings is 1. The second kappa shape index (κ2) is 11.1. The number of thiophene rings is 1. The molecule has 0 saturated carbocycles. The zero-order chi connectivity index (χ0) is 22.2. The van der Waals surface area contributed by atoms with Crippen molar-refractivity contribution in [2.75, 3.05) is 12.4 Å². The highest BCUT2D eigenvalue weighted by molar-refractivity contribution is 8.01. The predicted octanol–water partition coefficient (Wildman–Crippen LogP) is 5.02. The molecular weight excluding hydrogens is 452 g/mol. The highest BCUT2D eigenvalue weighted by Gasteiger charge is 2.31. The Morgan fingerprint density at radius 3 is 2.55 bits per heavy atom. The minimum atomic E-state index is -0.392. The van der Waals surface area contributed by atoms with E-state index >= 15 is 0 Å². The number of esters is 1. The van der Waals surface area contributed by atoms with Gasteiger partial charge in [-0.1, -0.05) is 17.7 Å². The minimum absolute atomic E-state index is 0.0188. The molecule has 0 atom stereocenters. The fourth-order valence-corrected chi connectivity index (χ4v) is 5.58. The number of hydrogen-bond acceptors (Lipinski definition) is 6. The molecule has 0 aliphatic carbocycles. The van der Waals surface area contributed by atoms with E-state index in [2.05, 4.69) is 6.07 Å². The number of ketones is 1. The smallest absolute Gasteiger partial charge is 0.310 e. The van der Waals surface area contributed by atoms with Gasteiger partial charge in [-0.05, 0) is 31.2 Å². The summed E-state index contributed by atoms with van der Waals surface area (Å²) in [7, 11) is 0. The molecule has 2 heterocycles. The molecule has 158 valence electrons. The van der Waals surface area contributed by atoms with Crippen LogP contribution in [0.2, 0.25) is 5.02 Å². The van der Waals surface area contributed by atoms with Crippen molar-refractivity contribution in [2.45, 2.75) is 24.0 Å². The molecule has 3 rings (SSSR count). The van der Waals surface area contributed by atoms with Gasteiger partial charge in [-0.2, -0.15) is 9.83 Å². The van der Waals surface area contributed by atoms with Crippen LogP contribution < -0.4 is 4.57 Å². The number of benzene rings is 1. The van der Waals surface area contributed by atoms with Gasteiger partial charge in [0, 0.05) is 34.9 Å². The van der Waals surface area contributed by atoms with Gasteiger partial charge in [0.1, 0.15) is 4.21 Å². The van der Waals surface area contributed by atoms with Crippen LogP contribution in [-0.4, -0.2) is 24.1 Å². The Kier molecular flexibility index (Phi) is 8.24. The first-order valence-electron chi connectivity index (χ1n) is 9.63. The average molecular weight is 472 g/mol. The van der Waals surface area contributed by atoms with Crippen LogP contribution in [-0.2, 0) is 16.0 Å². The van der Waals surface area contributed by atoms with Crippen molar-refractivity contribution < 1.29 is 18.9 Å². The van der Waals surface area contributed by atoms with E-state index in [9.17, 15) is 9.59 Å². The SMILES string of the molecule is CCOC(=O)Cc1c(C(=O)c2ccc(Cl)cc2)sc(SCCC#N)c1-[n+]1ccccc1. The summed E-state index contributed by atoms with van der Waals surface area (Å²) in [6, 6.07) is 14.5. The van der Waals surface area contributed by atoms with Gasteiger partial charge >= 0.3 is 5.97 Å². The van der Waals surface area contributed by atoms with Crippen LogP contribution in [0.15, 0.2) is 59.1 Å². The largest absolute Gasteiger partial charge is 0.466 e. The molecule has 8 heteroatoms. The van der Waals surface area contributed by atoms with E-state index < -0.39 is 5.97 Å². The Balaban J connectivity index is 2.15. The lowest BCUT2D eigenvalue weighted by Crippen LogP contribution is -2.31. The minimum Gasteiger partial charge on any atom is -0.466 e. The van der Waals surface area contributed by atoms with E-state index in [0.717, 1.165) is 9.90 Å². The summed E-state index contributed by atoms with van der Waals surface area (Å²) in [4.78, 5) is 26.3. The Labute approximate surface area is 194 Å². The number of ether oxygens (including phenoxy) is 1. The number of aromatic nitrogens is 1. The van der Waals surface area contributed by atoms with Gasteiger partial charge in [0.2, 0.25) is 11.5 Å². The molecule has 0 amide bonds. The quantitative estimate of drug-likeness (QED) is 0.144. The summed E-state index contributed by atoms with van der Waals surface area (Å²) in [6.07, 6.45) is 4.12. The second-order valence-corrected chi connectivity index (χ2v) is 9.22. The molecule has 0 aliphatic heterocycles. The molecule has 0 aliphatic rings. The summed E-state index contributed by atoms with van der Waals surface area (Å²) in [5.41, 5.74) is 1.90. The topological polar surface area (TPSA) is 71.0 Å². The monoisotopic (exact) mass is 471 g/mol. The first-order valence-corrected chi connectivity index (χ1v) is 11.8. The third kappa shape index (κ3) is 5.73. The number of nitriles is 1. The normalized spacial score (nSPS) is 10.5. The van der Waals surface area contributed by atoms with Gasteiger partial charge in [0.15, 0.2) is 12.4 Å². The van der Waals surface area contributed by atoms with Crippen LogP contribution in [0, 0.1) is 11.3 Å². The van der Waals surface area contributed by atoms with E-state index in [-0.39, 0.29) is 18.8 Å². The van der Waals surface area contributed by atoms with Crippen molar-refractivity contribution >= 4 is 46.5 Å². The molecule has 31 heavy (non-hydrogen) atoms. The zero-order valence-electron chi connectivity index (χ0n) is 16.8.